The molecule has 2 nitrogen and oxygen atoms in total. The van der Waals surface area contributed by atoms with E-state index in [-0.39, 0.29) is 0 Å². The van der Waals surface area contributed by atoms with Gasteiger partial charge in [-0.25, -0.2) is 0 Å². The lowest BCUT2D eigenvalue weighted by Crippen LogP contribution is -1.90. The maximum Gasteiger partial charge on any atom is 0.0963 e. The zero-order valence-electron chi connectivity index (χ0n) is 9.14. The van der Waals surface area contributed by atoms with E-state index in [0.717, 1.165) is 16.7 Å². The number of fused-ring (bicyclic) bond motifs is 3. The standard InChI is InChI=1S/C14H12N2/c1-10(2)16-12-7-4-3-6-11(12)14-13(16)8-5-9-15-14/h3-9H,1H2,2H3. The summed E-state index contributed by atoms with van der Waals surface area (Å²) < 4.78 is 2.15. The van der Waals surface area contributed by atoms with Crippen molar-refractivity contribution in [1.29, 1.82) is 0 Å². The Morgan fingerprint density at radius 3 is 2.69 bits per heavy atom. The minimum absolute atomic E-state index is 1.01. The highest BCUT2D eigenvalue weighted by molar-refractivity contribution is 6.07. The molecule has 0 atom stereocenters. The first-order valence-electron chi connectivity index (χ1n) is 5.29. The number of benzene rings is 1. The molecule has 0 bridgehead atoms. The normalized spacial score (nSPS) is 11.1. The number of hydrogen-bond donors (Lipinski definition) is 0. The predicted octanol–water partition coefficient (Wildman–Crippen LogP) is 3.68. The largest absolute Gasteiger partial charge is 0.312 e. The number of nitrogens with zero attached hydrogens (tertiary/aromatic N) is 2. The molecule has 2 aromatic heterocycles. The van der Waals surface area contributed by atoms with Gasteiger partial charge in [0.05, 0.1) is 16.6 Å². The van der Waals surface area contributed by atoms with Crippen LogP contribution >= 0.6 is 0 Å². The summed E-state index contributed by atoms with van der Waals surface area (Å²) in [4.78, 5) is 4.45. The van der Waals surface area contributed by atoms with E-state index in [1.807, 2.05) is 31.3 Å². The Bertz CT molecular complexity index is 639. The van der Waals surface area contributed by atoms with Crippen molar-refractivity contribution in [3.05, 3.63) is 49.2 Å². The molecule has 1 aromatic carbocycles. The van der Waals surface area contributed by atoms with E-state index in [1.165, 1.54) is 10.9 Å². The Morgan fingerprint density at radius 2 is 1.88 bits per heavy atom. The monoisotopic (exact) mass is 208 g/mol. The number of rotatable bonds is 1. The summed E-state index contributed by atoms with van der Waals surface area (Å²) in [6.07, 6.45) is 1.83. The quantitative estimate of drug-likeness (QED) is 0.596. The summed E-state index contributed by atoms with van der Waals surface area (Å²) in [5, 5.41) is 1.18. The van der Waals surface area contributed by atoms with Crippen LogP contribution in [0.1, 0.15) is 6.92 Å². The highest BCUT2D eigenvalue weighted by Crippen LogP contribution is 2.28. The zero-order valence-corrected chi connectivity index (χ0v) is 9.14. The molecule has 3 rings (SSSR count). The molecule has 0 unspecified atom stereocenters. The second kappa shape index (κ2) is 3.20. The Morgan fingerprint density at radius 1 is 1.12 bits per heavy atom. The Kier molecular flexibility index (Phi) is 1.83. The fourth-order valence-electron chi connectivity index (χ4n) is 2.19. The van der Waals surface area contributed by atoms with Crippen LogP contribution in [0.5, 0.6) is 0 Å². The second-order valence-corrected chi connectivity index (χ2v) is 3.96. The molecule has 3 aromatic rings. The van der Waals surface area contributed by atoms with E-state index in [1.54, 1.807) is 0 Å². The van der Waals surface area contributed by atoms with Crippen LogP contribution in [0.4, 0.5) is 0 Å². The van der Waals surface area contributed by atoms with E-state index >= 15 is 0 Å². The summed E-state index contributed by atoms with van der Waals surface area (Å²) in [5.74, 6) is 0. The van der Waals surface area contributed by atoms with Crippen LogP contribution < -0.4 is 0 Å². The van der Waals surface area contributed by atoms with Gasteiger partial charge in [0.1, 0.15) is 0 Å². The average molecular weight is 208 g/mol. The Labute approximate surface area is 93.8 Å². The third-order valence-corrected chi connectivity index (χ3v) is 2.81. The van der Waals surface area contributed by atoms with Gasteiger partial charge in [-0.05, 0) is 25.1 Å². The van der Waals surface area contributed by atoms with Crippen LogP contribution in [0.2, 0.25) is 0 Å². The first-order chi connectivity index (χ1) is 7.79. The maximum atomic E-state index is 4.45. The van der Waals surface area contributed by atoms with Crippen molar-refractivity contribution >= 4 is 27.6 Å². The SMILES string of the molecule is C=C(C)n1c2ccccc2c2ncccc21. The first kappa shape index (κ1) is 9.16. The molecular weight excluding hydrogens is 196 g/mol. The molecular formula is C14H12N2. The molecule has 0 radical (unpaired) electrons. The highest BCUT2D eigenvalue weighted by atomic mass is 15.0. The first-order valence-corrected chi connectivity index (χ1v) is 5.29. The summed E-state index contributed by atoms with van der Waals surface area (Å²) in [7, 11) is 0. The van der Waals surface area contributed by atoms with Crippen LogP contribution in [0.15, 0.2) is 49.2 Å². The third kappa shape index (κ3) is 1.10. The predicted molar refractivity (Wildman–Crippen MR) is 68.2 cm³/mol. The second-order valence-electron chi connectivity index (χ2n) is 3.96. The molecule has 0 aliphatic heterocycles. The molecule has 16 heavy (non-hydrogen) atoms. The summed E-state index contributed by atoms with van der Waals surface area (Å²) in [6.45, 7) is 6.05. The van der Waals surface area contributed by atoms with Gasteiger partial charge < -0.3 is 4.57 Å². The van der Waals surface area contributed by atoms with E-state index in [2.05, 4.69) is 34.3 Å². The topological polar surface area (TPSA) is 17.8 Å². The van der Waals surface area contributed by atoms with Crippen molar-refractivity contribution in [2.45, 2.75) is 6.92 Å². The van der Waals surface area contributed by atoms with Crippen LogP contribution in [0.25, 0.3) is 27.6 Å². The number of aromatic nitrogens is 2. The van der Waals surface area contributed by atoms with Gasteiger partial charge in [-0.15, -0.1) is 0 Å². The van der Waals surface area contributed by atoms with E-state index < -0.39 is 0 Å². The van der Waals surface area contributed by atoms with Gasteiger partial charge in [-0.1, -0.05) is 24.8 Å². The summed E-state index contributed by atoms with van der Waals surface area (Å²) in [6, 6.07) is 12.3. The molecule has 0 N–H and O–H groups in total. The molecule has 0 saturated carbocycles. The molecule has 2 heteroatoms. The van der Waals surface area contributed by atoms with Gasteiger partial charge in [0.2, 0.25) is 0 Å². The van der Waals surface area contributed by atoms with Gasteiger partial charge in [0.25, 0.3) is 0 Å². The molecule has 0 amide bonds. The van der Waals surface area contributed by atoms with Gasteiger partial charge >= 0.3 is 0 Å². The minimum atomic E-state index is 1.01. The fraction of sp³-hybridized carbons (Fsp3) is 0.0714. The summed E-state index contributed by atoms with van der Waals surface area (Å²) in [5.41, 5.74) is 4.35. The lowest BCUT2D eigenvalue weighted by atomic mass is 10.2. The molecule has 0 fully saturated rings. The third-order valence-electron chi connectivity index (χ3n) is 2.81. The Hall–Kier alpha value is -2.09. The van der Waals surface area contributed by atoms with Gasteiger partial charge in [-0.3, -0.25) is 4.98 Å². The van der Waals surface area contributed by atoms with Crippen molar-refractivity contribution in [3.63, 3.8) is 0 Å². The van der Waals surface area contributed by atoms with Crippen LogP contribution in [-0.4, -0.2) is 9.55 Å². The lowest BCUT2D eigenvalue weighted by Gasteiger charge is -2.04. The number of para-hydroxylation sites is 1. The maximum absolute atomic E-state index is 4.45. The number of pyridine rings is 1. The number of hydrogen-bond acceptors (Lipinski definition) is 1. The van der Waals surface area contributed by atoms with E-state index in [4.69, 9.17) is 0 Å². The lowest BCUT2D eigenvalue weighted by molar-refractivity contribution is 1.20. The average Bonchev–Trinajstić information content (AvgIpc) is 2.63. The number of allylic oxidation sites excluding steroid dienone is 1. The van der Waals surface area contributed by atoms with E-state index in [9.17, 15) is 0 Å². The van der Waals surface area contributed by atoms with Crippen molar-refractivity contribution in [3.8, 4) is 0 Å². The highest BCUT2D eigenvalue weighted by Gasteiger charge is 2.10. The molecule has 0 aliphatic carbocycles. The van der Waals surface area contributed by atoms with Crippen molar-refractivity contribution in [2.75, 3.05) is 0 Å². The van der Waals surface area contributed by atoms with Gasteiger partial charge in [0, 0.05) is 17.3 Å². The van der Waals surface area contributed by atoms with Gasteiger partial charge in [-0.2, -0.15) is 0 Å². The minimum Gasteiger partial charge on any atom is -0.312 e. The van der Waals surface area contributed by atoms with Gasteiger partial charge in [0.15, 0.2) is 0 Å². The molecule has 0 saturated heterocycles. The zero-order chi connectivity index (χ0) is 11.1. The molecule has 78 valence electrons. The van der Waals surface area contributed by atoms with Crippen LogP contribution in [0, 0.1) is 0 Å². The van der Waals surface area contributed by atoms with Crippen molar-refractivity contribution < 1.29 is 0 Å². The van der Waals surface area contributed by atoms with Crippen LogP contribution in [0.3, 0.4) is 0 Å². The molecule has 0 aliphatic rings. The van der Waals surface area contributed by atoms with Crippen LogP contribution in [-0.2, 0) is 0 Å². The van der Waals surface area contributed by atoms with E-state index in [0.29, 0.717) is 0 Å². The summed E-state index contributed by atoms with van der Waals surface area (Å²) >= 11 is 0. The van der Waals surface area contributed by atoms with Crippen molar-refractivity contribution in [1.82, 2.24) is 9.55 Å². The smallest absolute Gasteiger partial charge is 0.0963 e. The van der Waals surface area contributed by atoms with Crippen molar-refractivity contribution in [2.24, 2.45) is 0 Å². The molecule has 0 spiro atoms. The fourth-order valence-corrected chi connectivity index (χ4v) is 2.19. The Balaban J connectivity index is 2.64. The molecule has 2 heterocycles.